The number of para-hydroxylation sites is 3. The van der Waals surface area contributed by atoms with Crippen LogP contribution in [0.2, 0.25) is 0 Å². The zero-order valence-electron chi connectivity index (χ0n) is 18.1. The summed E-state index contributed by atoms with van der Waals surface area (Å²) in [5.74, 6) is 2.05. The van der Waals surface area contributed by atoms with Gasteiger partial charge in [-0.2, -0.15) is 10.2 Å². The molecule has 1 aliphatic carbocycles. The maximum absolute atomic E-state index is 6.36. The summed E-state index contributed by atoms with van der Waals surface area (Å²) in [4.78, 5) is 0. The lowest BCUT2D eigenvalue weighted by Gasteiger charge is -2.14. The molecule has 0 bridgehead atoms. The molecule has 6 heteroatoms. The number of benzene rings is 3. The average Bonchev–Trinajstić information content (AvgIpc) is 3.52. The molecule has 5 aromatic rings. The third-order valence-corrected chi connectivity index (χ3v) is 5.93. The minimum Gasteiger partial charge on any atom is -0.384 e. The highest BCUT2D eigenvalue weighted by molar-refractivity contribution is 5.73. The van der Waals surface area contributed by atoms with Crippen molar-refractivity contribution in [3.8, 4) is 22.6 Å². The Bertz CT molecular complexity index is 1400. The highest BCUT2D eigenvalue weighted by Gasteiger charge is 2.27. The van der Waals surface area contributed by atoms with E-state index in [4.69, 9.17) is 15.9 Å². The Morgan fingerprint density at radius 1 is 0.758 bits per heavy atom. The minimum atomic E-state index is 0.543. The van der Waals surface area contributed by atoms with Crippen molar-refractivity contribution in [2.24, 2.45) is 0 Å². The van der Waals surface area contributed by atoms with Crippen LogP contribution in [0.15, 0.2) is 97.1 Å². The molecule has 6 nitrogen and oxygen atoms in total. The zero-order valence-corrected chi connectivity index (χ0v) is 18.1. The summed E-state index contributed by atoms with van der Waals surface area (Å²) in [6.45, 7) is 0. The molecule has 1 fully saturated rings. The molecule has 6 rings (SSSR count). The molecule has 0 radical (unpaired) electrons. The van der Waals surface area contributed by atoms with E-state index in [1.165, 1.54) is 12.8 Å². The van der Waals surface area contributed by atoms with E-state index in [2.05, 4.69) is 23.5 Å². The Morgan fingerprint density at radius 3 is 2.21 bits per heavy atom. The number of nitrogens with zero attached hydrogens (tertiary/aromatic N) is 4. The molecule has 0 saturated heterocycles. The number of aromatic nitrogens is 4. The number of hydrogen-bond acceptors (Lipinski definition) is 4. The Balaban J connectivity index is 1.43. The molecule has 0 atom stereocenters. The molecule has 3 aromatic carbocycles. The van der Waals surface area contributed by atoms with Crippen molar-refractivity contribution in [3.63, 3.8) is 0 Å². The Kier molecular flexibility index (Phi) is 4.69. The number of rotatable bonds is 6. The van der Waals surface area contributed by atoms with Gasteiger partial charge in [0.1, 0.15) is 11.6 Å². The Labute approximate surface area is 192 Å². The van der Waals surface area contributed by atoms with Crippen molar-refractivity contribution in [3.05, 3.63) is 103 Å². The SMILES string of the molecule is Nc1cc(C2CC2)nn1-c1ccccc1Nc1cc(-c2ccccc2)nn1-c1ccccc1. The van der Waals surface area contributed by atoms with Gasteiger partial charge in [0, 0.05) is 23.6 Å². The van der Waals surface area contributed by atoms with Crippen LogP contribution in [0.3, 0.4) is 0 Å². The molecule has 33 heavy (non-hydrogen) atoms. The summed E-state index contributed by atoms with van der Waals surface area (Å²) >= 11 is 0. The number of nitrogens with one attached hydrogen (secondary N) is 1. The summed E-state index contributed by atoms with van der Waals surface area (Å²) in [6, 6.07) is 32.5. The van der Waals surface area contributed by atoms with Crippen molar-refractivity contribution < 1.29 is 0 Å². The molecule has 3 N–H and O–H groups in total. The normalized spacial score (nSPS) is 13.2. The molecule has 2 heterocycles. The third-order valence-electron chi connectivity index (χ3n) is 5.93. The maximum atomic E-state index is 6.36. The van der Waals surface area contributed by atoms with Crippen LogP contribution in [0, 0.1) is 0 Å². The lowest BCUT2D eigenvalue weighted by molar-refractivity contribution is 0.844. The topological polar surface area (TPSA) is 73.7 Å². The van der Waals surface area contributed by atoms with Crippen molar-refractivity contribution in [2.45, 2.75) is 18.8 Å². The molecule has 0 aliphatic heterocycles. The van der Waals surface area contributed by atoms with Crippen LogP contribution in [0.5, 0.6) is 0 Å². The van der Waals surface area contributed by atoms with E-state index >= 15 is 0 Å². The third kappa shape index (κ3) is 3.76. The van der Waals surface area contributed by atoms with Crippen LogP contribution in [-0.2, 0) is 0 Å². The molecule has 0 spiro atoms. The highest BCUT2D eigenvalue weighted by atomic mass is 15.4. The molecule has 162 valence electrons. The second kappa shape index (κ2) is 7.98. The van der Waals surface area contributed by atoms with Gasteiger partial charge in [-0.1, -0.05) is 60.7 Å². The number of anilines is 3. The van der Waals surface area contributed by atoms with E-state index in [1.54, 1.807) is 0 Å². The van der Waals surface area contributed by atoms with Crippen LogP contribution >= 0.6 is 0 Å². The first-order chi connectivity index (χ1) is 16.3. The zero-order chi connectivity index (χ0) is 22.2. The van der Waals surface area contributed by atoms with Crippen LogP contribution in [0.25, 0.3) is 22.6 Å². The van der Waals surface area contributed by atoms with Gasteiger partial charge in [-0.25, -0.2) is 9.36 Å². The van der Waals surface area contributed by atoms with Crippen LogP contribution in [0.1, 0.15) is 24.5 Å². The van der Waals surface area contributed by atoms with Crippen molar-refractivity contribution in [1.29, 1.82) is 0 Å². The molecular weight excluding hydrogens is 408 g/mol. The molecular formula is C27H24N6. The van der Waals surface area contributed by atoms with E-state index in [0.717, 1.165) is 39.8 Å². The van der Waals surface area contributed by atoms with Crippen LogP contribution in [0.4, 0.5) is 17.3 Å². The lowest BCUT2D eigenvalue weighted by Crippen LogP contribution is -2.07. The van der Waals surface area contributed by atoms with Crippen LogP contribution < -0.4 is 11.1 Å². The van der Waals surface area contributed by atoms with Gasteiger partial charge < -0.3 is 11.1 Å². The van der Waals surface area contributed by atoms with Crippen molar-refractivity contribution in [1.82, 2.24) is 19.6 Å². The number of nitrogens with two attached hydrogens (primary N) is 1. The van der Waals surface area contributed by atoms with Crippen molar-refractivity contribution >= 4 is 17.3 Å². The summed E-state index contributed by atoms with van der Waals surface area (Å²) in [5.41, 5.74) is 12.2. The average molecular weight is 433 g/mol. The van der Waals surface area contributed by atoms with Gasteiger partial charge in [0.05, 0.1) is 28.5 Å². The fourth-order valence-electron chi connectivity index (χ4n) is 4.07. The maximum Gasteiger partial charge on any atom is 0.134 e. The Hall–Kier alpha value is -4.32. The summed E-state index contributed by atoms with van der Waals surface area (Å²) in [5, 5.41) is 13.3. The van der Waals surface area contributed by atoms with E-state index in [9.17, 15) is 0 Å². The predicted octanol–water partition coefficient (Wildman–Crippen LogP) is 5.93. The van der Waals surface area contributed by atoms with E-state index in [1.807, 2.05) is 88.2 Å². The molecule has 0 amide bonds. The fourth-order valence-corrected chi connectivity index (χ4v) is 4.07. The summed E-state index contributed by atoms with van der Waals surface area (Å²) in [7, 11) is 0. The lowest BCUT2D eigenvalue weighted by atomic mass is 10.1. The van der Waals surface area contributed by atoms with Gasteiger partial charge in [0.15, 0.2) is 0 Å². The first-order valence-corrected chi connectivity index (χ1v) is 11.2. The quantitative estimate of drug-likeness (QED) is 0.349. The van der Waals surface area contributed by atoms with E-state index < -0.39 is 0 Å². The minimum absolute atomic E-state index is 0.543. The summed E-state index contributed by atoms with van der Waals surface area (Å²) in [6.07, 6.45) is 2.38. The van der Waals surface area contributed by atoms with Crippen LogP contribution in [-0.4, -0.2) is 19.6 Å². The largest absolute Gasteiger partial charge is 0.384 e. The molecule has 0 unspecified atom stereocenters. The van der Waals surface area contributed by atoms with Gasteiger partial charge in [-0.05, 0) is 37.1 Å². The smallest absolute Gasteiger partial charge is 0.134 e. The molecule has 2 aromatic heterocycles. The Morgan fingerprint density at radius 2 is 1.45 bits per heavy atom. The first-order valence-electron chi connectivity index (χ1n) is 11.2. The van der Waals surface area contributed by atoms with Gasteiger partial charge in [0.2, 0.25) is 0 Å². The molecule has 1 aliphatic rings. The molecule has 1 saturated carbocycles. The van der Waals surface area contributed by atoms with Gasteiger partial charge in [0.25, 0.3) is 0 Å². The predicted molar refractivity (Wildman–Crippen MR) is 132 cm³/mol. The second-order valence-electron chi connectivity index (χ2n) is 8.35. The van der Waals surface area contributed by atoms with Gasteiger partial charge in [-0.3, -0.25) is 0 Å². The second-order valence-corrected chi connectivity index (χ2v) is 8.35. The van der Waals surface area contributed by atoms with Crippen molar-refractivity contribution in [2.75, 3.05) is 11.1 Å². The first kappa shape index (κ1) is 19.4. The monoisotopic (exact) mass is 432 g/mol. The summed E-state index contributed by atoms with van der Waals surface area (Å²) < 4.78 is 3.76. The van der Waals surface area contributed by atoms with E-state index in [-0.39, 0.29) is 0 Å². The standard InChI is InChI=1S/C27H24N6/c28-26-17-23(20-15-16-20)31-33(26)25-14-8-7-13-22(25)29-27-18-24(19-9-3-1-4-10-19)30-32(27)21-11-5-2-6-12-21/h1-14,17-18,20,29H,15-16,28H2. The highest BCUT2D eigenvalue weighted by Crippen LogP contribution is 2.40. The van der Waals surface area contributed by atoms with Gasteiger partial charge in [-0.15, -0.1) is 0 Å². The van der Waals surface area contributed by atoms with Gasteiger partial charge >= 0.3 is 0 Å². The fraction of sp³-hybridized carbons (Fsp3) is 0.111. The number of nitrogen functional groups attached to an aromatic ring is 1. The number of hydrogen-bond donors (Lipinski definition) is 2. The van der Waals surface area contributed by atoms with E-state index in [0.29, 0.717) is 11.7 Å².